The van der Waals surface area contributed by atoms with E-state index in [1.54, 1.807) is 6.61 Å². The summed E-state index contributed by atoms with van der Waals surface area (Å²) in [6, 6.07) is 15.3. The molecule has 0 saturated carbocycles. The van der Waals surface area contributed by atoms with Gasteiger partial charge in [0.15, 0.2) is 6.61 Å². The van der Waals surface area contributed by atoms with Gasteiger partial charge in [0, 0.05) is 12.2 Å². The van der Waals surface area contributed by atoms with Crippen LogP contribution in [0.5, 0.6) is 5.75 Å². The van der Waals surface area contributed by atoms with Crippen LogP contribution in [0.2, 0.25) is 0 Å². The number of hydrogen-bond donors (Lipinski definition) is 2. The molecule has 0 heterocycles. The summed E-state index contributed by atoms with van der Waals surface area (Å²) < 4.78 is 5.52. The van der Waals surface area contributed by atoms with Gasteiger partial charge in [-0.1, -0.05) is 24.3 Å². The summed E-state index contributed by atoms with van der Waals surface area (Å²) in [4.78, 5) is 0. The first-order chi connectivity index (χ1) is 8.29. The fourth-order valence-corrected chi connectivity index (χ4v) is 1.51. The minimum atomic E-state index is 0.429. The number of rotatable bonds is 4. The summed E-state index contributed by atoms with van der Waals surface area (Å²) in [7, 11) is 0. The van der Waals surface area contributed by atoms with Gasteiger partial charge in [-0.05, 0) is 35.4 Å². The van der Waals surface area contributed by atoms with Gasteiger partial charge in [0.25, 0.3) is 0 Å². The second-order valence-corrected chi connectivity index (χ2v) is 3.71. The Morgan fingerprint density at radius 1 is 1.06 bits per heavy atom. The Morgan fingerprint density at radius 3 is 2.53 bits per heavy atom. The first kappa shape index (κ1) is 11.5. The van der Waals surface area contributed by atoms with Crippen molar-refractivity contribution < 1.29 is 4.74 Å². The van der Waals surface area contributed by atoms with Crippen LogP contribution >= 0.6 is 0 Å². The minimum absolute atomic E-state index is 0.429. The van der Waals surface area contributed by atoms with E-state index in [1.165, 1.54) is 0 Å². The SMILES string of the molecule is NCc1cc([CH]Oc2ccccc2)ccc1N. The normalized spacial score (nSPS) is 10.2. The van der Waals surface area contributed by atoms with E-state index < -0.39 is 0 Å². The zero-order valence-corrected chi connectivity index (χ0v) is 9.47. The van der Waals surface area contributed by atoms with E-state index in [1.807, 2.05) is 48.5 Å². The lowest BCUT2D eigenvalue weighted by molar-refractivity contribution is 0.428. The van der Waals surface area contributed by atoms with Gasteiger partial charge in [-0.2, -0.15) is 0 Å². The van der Waals surface area contributed by atoms with Crippen molar-refractivity contribution in [2.24, 2.45) is 5.73 Å². The van der Waals surface area contributed by atoms with Gasteiger partial charge in [-0.3, -0.25) is 0 Å². The van der Waals surface area contributed by atoms with Crippen LogP contribution in [-0.4, -0.2) is 0 Å². The largest absolute Gasteiger partial charge is 0.481 e. The molecule has 0 bridgehead atoms. The third-order valence-corrected chi connectivity index (χ3v) is 2.46. The van der Waals surface area contributed by atoms with Crippen molar-refractivity contribution in [2.45, 2.75) is 6.54 Å². The molecule has 0 saturated heterocycles. The van der Waals surface area contributed by atoms with E-state index in [4.69, 9.17) is 16.2 Å². The highest BCUT2D eigenvalue weighted by atomic mass is 16.5. The first-order valence-electron chi connectivity index (χ1n) is 5.43. The summed E-state index contributed by atoms with van der Waals surface area (Å²) >= 11 is 0. The standard InChI is InChI=1S/C14H15N2O/c15-9-12-8-11(6-7-14(12)16)10-17-13-4-2-1-3-5-13/h1-8,10H,9,15-16H2. The number of ether oxygens (including phenoxy) is 1. The van der Waals surface area contributed by atoms with Crippen LogP contribution in [0, 0.1) is 6.61 Å². The number of benzene rings is 2. The van der Waals surface area contributed by atoms with Gasteiger partial charge < -0.3 is 16.2 Å². The summed E-state index contributed by atoms with van der Waals surface area (Å²) in [6.45, 7) is 2.12. The smallest absolute Gasteiger partial charge is 0.165 e. The summed E-state index contributed by atoms with van der Waals surface area (Å²) in [5.74, 6) is 0.804. The average molecular weight is 227 g/mol. The second-order valence-electron chi connectivity index (χ2n) is 3.71. The number of nitrogens with two attached hydrogens (primary N) is 2. The van der Waals surface area contributed by atoms with Crippen molar-refractivity contribution in [2.75, 3.05) is 5.73 Å². The van der Waals surface area contributed by atoms with Crippen LogP contribution in [0.4, 0.5) is 5.69 Å². The third kappa shape index (κ3) is 2.98. The summed E-state index contributed by atoms with van der Waals surface area (Å²) in [5.41, 5.74) is 14.0. The highest BCUT2D eigenvalue weighted by Crippen LogP contribution is 2.17. The minimum Gasteiger partial charge on any atom is -0.481 e. The molecule has 0 atom stereocenters. The van der Waals surface area contributed by atoms with Gasteiger partial charge in [0.2, 0.25) is 0 Å². The van der Waals surface area contributed by atoms with Gasteiger partial charge in [-0.15, -0.1) is 0 Å². The molecule has 4 N–H and O–H groups in total. The predicted molar refractivity (Wildman–Crippen MR) is 69.2 cm³/mol. The van der Waals surface area contributed by atoms with Crippen LogP contribution < -0.4 is 16.2 Å². The molecule has 3 nitrogen and oxygen atoms in total. The maximum Gasteiger partial charge on any atom is 0.165 e. The molecule has 0 aliphatic heterocycles. The van der Waals surface area contributed by atoms with Crippen molar-refractivity contribution in [3.8, 4) is 5.75 Å². The van der Waals surface area contributed by atoms with Crippen molar-refractivity contribution in [3.63, 3.8) is 0 Å². The van der Waals surface area contributed by atoms with E-state index >= 15 is 0 Å². The Hall–Kier alpha value is -2.00. The highest BCUT2D eigenvalue weighted by Gasteiger charge is 2.01. The van der Waals surface area contributed by atoms with Crippen LogP contribution in [0.15, 0.2) is 48.5 Å². The molecule has 0 aliphatic carbocycles. The van der Waals surface area contributed by atoms with Crippen LogP contribution in [0.25, 0.3) is 0 Å². The average Bonchev–Trinajstić information content (AvgIpc) is 2.39. The monoisotopic (exact) mass is 227 g/mol. The van der Waals surface area contributed by atoms with E-state index in [0.717, 1.165) is 16.9 Å². The number of hydrogen-bond acceptors (Lipinski definition) is 3. The van der Waals surface area contributed by atoms with Gasteiger partial charge in [0.1, 0.15) is 5.75 Å². The molecule has 2 aromatic rings. The Morgan fingerprint density at radius 2 is 1.82 bits per heavy atom. The van der Waals surface area contributed by atoms with Crippen LogP contribution in [-0.2, 0) is 6.54 Å². The zero-order valence-electron chi connectivity index (χ0n) is 9.47. The molecule has 0 amide bonds. The molecule has 17 heavy (non-hydrogen) atoms. The Balaban J connectivity index is 2.04. The molecule has 0 aliphatic rings. The molecule has 3 heteroatoms. The van der Waals surface area contributed by atoms with Crippen molar-refractivity contribution in [1.82, 2.24) is 0 Å². The summed E-state index contributed by atoms with van der Waals surface area (Å²) in [6.07, 6.45) is 0. The lowest BCUT2D eigenvalue weighted by Crippen LogP contribution is -2.03. The maximum absolute atomic E-state index is 5.77. The molecule has 2 rings (SSSR count). The lowest BCUT2D eigenvalue weighted by Gasteiger charge is -2.08. The first-order valence-corrected chi connectivity index (χ1v) is 5.43. The van der Waals surface area contributed by atoms with E-state index in [2.05, 4.69) is 0 Å². The second kappa shape index (κ2) is 5.37. The Kier molecular flexibility index (Phi) is 3.62. The molecule has 87 valence electrons. The highest BCUT2D eigenvalue weighted by molar-refractivity contribution is 5.49. The van der Waals surface area contributed by atoms with Crippen LogP contribution in [0.1, 0.15) is 11.1 Å². The van der Waals surface area contributed by atoms with Gasteiger partial charge in [0.05, 0.1) is 0 Å². The fraction of sp³-hybridized carbons (Fsp3) is 0.0714. The molecule has 0 spiro atoms. The zero-order chi connectivity index (χ0) is 12.1. The topological polar surface area (TPSA) is 61.3 Å². The van der Waals surface area contributed by atoms with Crippen molar-refractivity contribution >= 4 is 5.69 Å². The molecule has 0 aromatic heterocycles. The maximum atomic E-state index is 5.77. The van der Waals surface area contributed by atoms with Gasteiger partial charge in [-0.25, -0.2) is 0 Å². The quantitative estimate of drug-likeness (QED) is 0.788. The fourth-order valence-electron chi connectivity index (χ4n) is 1.51. The molecular weight excluding hydrogens is 212 g/mol. The number of nitrogen functional groups attached to an aromatic ring is 1. The lowest BCUT2D eigenvalue weighted by atomic mass is 10.1. The molecule has 0 fully saturated rings. The number of para-hydroxylation sites is 1. The molecular formula is C14H15N2O. The third-order valence-electron chi connectivity index (χ3n) is 2.46. The summed E-state index contributed by atoms with van der Waals surface area (Å²) in [5, 5.41) is 0. The van der Waals surface area contributed by atoms with E-state index in [0.29, 0.717) is 12.2 Å². The van der Waals surface area contributed by atoms with Crippen molar-refractivity contribution in [1.29, 1.82) is 0 Å². The number of anilines is 1. The van der Waals surface area contributed by atoms with E-state index in [9.17, 15) is 0 Å². The van der Waals surface area contributed by atoms with Crippen LogP contribution in [0.3, 0.4) is 0 Å². The Labute approximate surface area is 101 Å². The van der Waals surface area contributed by atoms with Crippen molar-refractivity contribution in [3.05, 3.63) is 66.3 Å². The van der Waals surface area contributed by atoms with E-state index in [-0.39, 0.29) is 0 Å². The molecule has 0 unspecified atom stereocenters. The molecule has 2 aromatic carbocycles. The molecule has 1 radical (unpaired) electrons. The predicted octanol–water partition coefficient (Wildman–Crippen LogP) is 2.32. The Bertz CT molecular complexity index is 483. The van der Waals surface area contributed by atoms with Gasteiger partial charge >= 0.3 is 0 Å².